The normalized spacial score (nSPS) is 13.9. The molecule has 132 valence electrons. The van der Waals surface area contributed by atoms with Crippen LogP contribution in [0, 0.1) is 0 Å². The molecule has 0 atom stereocenters. The Balaban J connectivity index is 1.50. The lowest BCUT2D eigenvalue weighted by atomic mass is 10.1. The van der Waals surface area contributed by atoms with E-state index in [4.69, 9.17) is 4.42 Å². The van der Waals surface area contributed by atoms with Crippen molar-refractivity contribution >= 4 is 22.7 Å². The van der Waals surface area contributed by atoms with Gasteiger partial charge in [-0.15, -0.1) is 0 Å². The highest BCUT2D eigenvalue weighted by atomic mass is 16.4. The number of carbonyl (C=O) groups is 1. The molecule has 1 amide bonds. The molecule has 0 unspecified atom stereocenters. The van der Waals surface area contributed by atoms with Gasteiger partial charge in [-0.05, 0) is 42.7 Å². The zero-order valence-corrected chi connectivity index (χ0v) is 14.3. The fraction of sp³-hybridized carbons (Fsp3) is 0.250. The van der Waals surface area contributed by atoms with Crippen molar-refractivity contribution < 1.29 is 9.21 Å². The Morgan fingerprint density at radius 2 is 1.96 bits per heavy atom. The van der Waals surface area contributed by atoms with Crippen molar-refractivity contribution in [2.45, 2.75) is 19.4 Å². The van der Waals surface area contributed by atoms with Crippen LogP contribution in [0.15, 0.2) is 57.9 Å². The van der Waals surface area contributed by atoms with E-state index in [0.29, 0.717) is 12.1 Å². The zero-order valence-electron chi connectivity index (χ0n) is 14.3. The van der Waals surface area contributed by atoms with Gasteiger partial charge < -0.3 is 14.6 Å². The maximum atomic E-state index is 12.4. The van der Waals surface area contributed by atoms with E-state index in [1.807, 2.05) is 18.2 Å². The first-order valence-electron chi connectivity index (χ1n) is 8.72. The fourth-order valence-electron chi connectivity index (χ4n) is 3.19. The summed E-state index contributed by atoms with van der Waals surface area (Å²) in [6.45, 7) is 2.36. The lowest BCUT2D eigenvalue weighted by Crippen LogP contribution is -2.28. The highest BCUT2D eigenvalue weighted by molar-refractivity contribution is 5.96. The van der Waals surface area contributed by atoms with E-state index in [1.165, 1.54) is 12.8 Å². The summed E-state index contributed by atoms with van der Waals surface area (Å²) in [6.07, 6.45) is 4.11. The van der Waals surface area contributed by atoms with Crippen LogP contribution >= 0.6 is 0 Å². The molecule has 2 aromatic heterocycles. The van der Waals surface area contributed by atoms with Crippen LogP contribution in [-0.4, -0.2) is 24.0 Å². The van der Waals surface area contributed by atoms with Crippen LogP contribution in [0.25, 0.3) is 11.0 Å². The predicted molar refractivity (Wildman–Crippen MR) is 99.3 cm³/mol. The number of para-hydroxylation sites is 1. The van der Waals surface area contributed by atoms with Crippen molar-refractivity contribution in [2.24, 2.45) is 0 Å². The van der Waals surface area contributed by atoms with Crippen molar-refractivity contribution in [3.05, 3.63) is 70.2 Å². The Kier molecular flexibility index (Phi) is 4.39. The highest BCUT2D eigenvalue weighted by Gasteiger charge is 2.15. The van der Waals surface area contributed by atoms with Crippen LogP contribution in [0.2, 0.25) is 0 Å². The number of hydrogen-bond donors (Lipinski definition) is 1. The number of rotatable bonds is 4. The Hall–Kier alpha value is -3.15. The summed E-state index contributed by atoms with van der Waals surface area (Å²) in [6, 6.07) is 12.5. The Morgan fingerprint density at radius 1 is 1.15 bits per heavy atom. The molecule has 0 spiro atoms. The predicted octanol–water partition coefficient (Wildman–Crippen LogP) is 2.72. The fourth-order valence-corrected chi connectivity index (χ4v) is 3.19. The average molecular weight is 349 g/mol. The van der Waals surface area contributed by atoms with Crippen molar-refractivity contribution in [3.63, 3.8) is 0 Å². The minimum Gasteiger partial charge on any atom is -0.422 e. The third kappa shape index (κ3) is 3.31. The second-order valence-corrected chi connectivity index (χ2v) is 6.38. The largest absolute Gasteiger partial charge is 0.422 e. The average Bonchev–Trinajstić information content (AvgIpc) is 3.20. The van der Waals surface area contributed by atoms with Gasteiger partial charge in [0.05, 0.1) is 0 Å². The molecule has 0 saturated carbocycles. The number of aromatic nitrogens is 1. The van der Waals surface area contributed by atoms with E-state index in [0.717, 1.165) is 29.9 Å². The third-order valence-electron chi connectivity index (χ3n) is 4.58. The summed E-state index contributed by atoms with van der Waals surface area (Å²) in [4.78, 5) is 31.1. The van der Waals surface area contributed by atoms with E-state index in [-0.39, 0.29) is 5.56 Å². The van der Waals surface area contributed by atoms with E-state index in [9.17, 15) is 9.59 Å². The van der Waals surface area contributed by atoms with Gasteiger partial charge in [-0.2, -0.15) is 0 Å². The molecule has 1 aliphatic heterocycles. The van der Waals surface area contributed by atoms with Gasteiger partial charge in [0.1, 0.15) is 17.0 Å². The summed E-state index contributed by atoms with van der Waals surface area (Å²) in [5, 5.41) is 3.51. The molecular weight excluding hydrogens is 330 g/mol. The summed E-state index contributed by atoms with van der Waals surface area (Å²) in [5.74, 6) is 0.489. The molecule has 1 aromatic carbocycles. The second kappa shape index (κ2) is 7.00. The van der Waals surface area contributed by atoms with Gasteiger partial charge in [-0.3, -0.25) is 4.79 Å². The first-order chi connectivity index (χ1) is 12.7. The van der Waals surface area contributed by atoms with Crippen LogP contribution in [0.5, 0.6) is 0 Å². The molecule has 0 aliphatic carbocycles. The quantitative estimate of drug-likeness (QED) is 0.733. The molecule has 1 N–H and O–H groups in total. The third-order valence-corrected chi connectivity index (χ3v) is 4.58. The number of nitrogens with zero attached hydrogens (tertiary/aromatic N) is 2. The number of fused-ring (bicyclic) bond motifs is 1. The summed E-state index contributed by atoms with van der Waals surface area (Å²) < 4.78 is 5.22. The lowest BCUT2D eigenvalue weighted by Gasteiger charge is -2.17. The van der Waals surface area contributed by atoms with Gasteiger partial charge in [0.25, 0.3) is 5.91 Å². The minimum absolute atomic E-state index is 0.0116. The smallest absolute Gasteiger partial charge is 0.349 e. The Morgan fingerprint density at radius 3 is 2.81 bits per heavy atom. The van der Waals surface area contributed by atoms with Crippen LogP contribution < -0.4 is 15.8 Å². The first-order valence-corrected chi connectivity index (χ1v) is 8.72. The van der Waals surface area contributed by atoms with Crippen LogP contribution in [-0.2, 0) is 6.54 Å². The van der Waals surface area contributed by atoms with E-state index < -0.39 is 11.5 Å². The van der Waals surface area contributed by atoms with E-state index in [1.54, 1.807) is 30.5 Å². The topological polar surface area (TPSA) is 75.4 Å². The summed E-state index contributed by atoms with van der Waals surface area (Å²) in [7, 11) is 0. The molecule has 0 bridgehead atoms. The van der Waals surface area contributed by atoms with Gasteiger partial charge in [-0.25, -0.2) is 9.78 Å². The van der Waals surface area contributed by atoms with E-state index in [2.05, 4.69) is 15.2 Å². The van der Waals surface area contributed by atoms with Gasteiger partial charge in [-0.1, -0.05) is 18.2 Å². The SMILES string of the molecule is O=C(NCc1ccnc(N2CCCC2)c1)c1cc2ccccc2oc1=O. The van der Waals surface area contributed by atoms with Crippen LogP contribution in [0.3, 0.4) is 0 Å². The van der Waals surface area contributed by atoms with Crippen molar-refractivity contribution in [2.75, 3.05) is 18.0 Å². The van der Waals surface area contributed by atoms with Gasteiger partial charge in [0.15, 0.2) is 0 Å². The van der Waals surface area contributed by atoms with Crippen LogP contribution in [0.4, 0.5) is 5.82 Å². The molecule has 26 heavy (non-hydrogen) atoms. The molecule has 6 heteroatoms. The summed E-state index contributed by atoms with van der Waals surface area (Å²) >= 11 is 0. The molecule has 3 heterocycles. The van der Waals surface area contributed by atoms with Crippen molar-refractivity contribution in [3.8, 4) is 0 Å². The maximum Gasteiger partial charge on any atom is 0.349 e. The molecule has 0 radical (unpaired) electrons. The lowest BCUT2D eigenvalue weighted by molar-refractivity contribution is 0.0947. The summed E-state index contributed by atoms with van der Waals surface area (Å²) in [5.41, 5.74) is 0.796. The standard InChI is InChI=1S/C20H19N3O3/c24-19(16-12-15-5-1-2-6-17(15)26-20(16)25)22-13-14-7-8-21-18(11-14)23-9-3-4-10-23/h1-2,5-8,11-12H,3-4,9-10,13H2,(H,22,24). The van der Waals surface area contributed by atoms with Crippen molar-refractivity contribution in [1.82, 2.24) is 10.3 Å². The maximum absolute atomic E-state index is 12.4. The number of amides is 1. The monoisotopic (exact) mass is 349 g/mol. The number of nitrogens with one attached hydrogen (secondary N) is 1. The van der Waals surface area contributed by atoms with E-state index >= 15 is 0 Å². The molecule has 4 rings (SSSR count). The number of hydrogen-bond acceptors (Lipinski definition) is 5. The number of anilines is 1. The molecule has 1 aliphatic rings. The number of pyridine rings is 1. The zero-order chi connectivity index (χ0) is 17.9. The number of carbonyl (C=O) groups excluding carboxylic acids is 1. The molecule has 3 aromatic rings. The highest BCUT2D eigenvalue weighted by Crippen LogP contribution is 2.18. The van der Waals surface area contributed by atoms with Gasteiger partial charge >= 0.3 is 5.63 Å². The van der Waals surface area contributed by atoms with Gasteiger partial charge in [0, 0.05) is 31.2 Å². The minimum atomic E-state index is -0.631. The Labute approximate surface area is 150 Å². The molecule has 6 nitrogen and oxygen atoms in total. The molecule has 1 fully saturated rings. The first kappa shape index (κ1) is 16.3. The van der Waals surface area contributed by atoms with Gasteiger partial charge in [0.2, 0.25) is 0 Å². The van der Waals surface area contributed by atoms with Crippen molar-refractivity contribution in [1.29, 1.82) is 0 Å². The Bertz CT molecular complexity index is 1010. The molecule has 1 saturated heterocycles. The number of benzene rings is 1. The second-order valence-electron chi connectivity index (χ2n) is 6.38. The van der Waals surface area contributed by atoms with Crippen LogP contribution in [0.1, 0.15) is 28.8 Å². The molecular formula is C20H19N3O3.